The van der Waals surface area contributed by atoms with Crippen molar-refractivity contribution in [2.75, 3.05) is 6.61 Å². The zero-order valence-electron chi connectivity index (χ0n) is 22.4. The van der Waals surface area contributed by atoms with Crippen molar-refractivity contribution in [2.45, 2.75) is 51.5 Å². The van der Waals surface area contributed by atoms with Gasteiger partial charge in [-0.25, -0.2) is 14.0 Å². The largest absolute Gasteiger partial charge is 0.456 e. The second-order valence-electron chi connectivity index (χ2n) is 9.47. The molecule has 1 N–H and O–H groups in total. The molecule has 3 aromatic rings. The molecule has 0 amide bonds. The third-order valence-corrected chi connectivity index (χ3v) is 6.75. The summed E-state index contributed by atoms with van der Waals surface area (Å²) in [5.41, 5.74) is -2.97. The Bertz CT molecular complexity index is 1600. The van der Waals surface area contributed by atoms with Gasteiger partial charge in [0.2, 0.25) is 11.8 Å². The average Bonchev–Trinajstić information content (AvgIpc) is 3.10. The van der Waals surface area contributed by atoms with E-state index >= 15 is 4.39 Å². The number of carbonyl (C=O) groups is 3. The molecule has 216 valence electrons. The number of ether oxygens (including phenoxy) is 4. The number of nitrogens with one attached hydrogen (secondary N) is 1. The SMILES string of the molecule is CC(=O)O[C@@H]1[C@H](OC(C)=O)[C@@](F)(COC(=O)c2ccc(Cl)cc2)O[C@@]1(c1c(C)cccc1C)n1ccc(=O)[nH]c1=O. The molecule has 1 aliphatic heterocycles. The molecule has 4 rings (SSSR count). The van der Waals surface area contributed by atoms with Crippen LogP contribution < -0.4 is 11.2 Å². The van der Waals surface area contributed by atoms with E-state index in [1.807, 2.05) is 0 Å². The lowest BCUT2D eigenvalue weighted by atomic mass is 9.87. The van der Waals surface area contributed by atoms with Gasteiger partial charge in [-0.2, -0.15) is 0 Å². The highest BCUT2D eigenvalue weighted by Crippen LogP contribution is 2.51. The Kier molecular flexibility index (Phi) is 8.18. The van der Waals surface area contributed by atoms with Crippen molar-refractivity contribution in [3.63, 3.8) is 0 Å². The van der Waals surface area contributed by atoms with Gasteiger partial charge < -0.3 is 18.9 Å². The summed E-state index contributed by atoms with van der Waals surface area (Å²) in [6.45, 7) is 4.18. The molecule has 1 saturated heterocycles. The molecule has 0 spiro atoms. The average molecular weight is 589 g/mol. The van der Waals surface area contributed by atoms with Crippen molar-refractivity contribution < 1.29 is 37.7 Å². The quantitative estimate of drug-likeness (QED) is 0.325. The Hall–Kier alpha value is -4.29. The standard InChI is InChI=1S/C28H26ClFN2O9/c1-15-6-5-7-16(2)22(15)28(32-13-12-21(35)31-26(32)37)24(40-18(4)34)23(39-17(3)33)27(30,41-28)14-38-25(36)19-8-10-20(29)11-9-19/h5-13,23-24H,14H2,1-4H3,(H,31,35,37)/t23-,24+,27+,28+/m0/s1. The van der Waals surface area contributed by atoms with Gasteiger partial charge >= 0.3 is 23.6 Å². The smallest absolute Gasteiger partial charge is 0.338 e. The first kappa shape index (κ1) is 29.7. The van der Waals surface area contributed by atoms with Gasteiger partial charge in [0.25, 0.3) is 11.4 Å². The molecular weight excluding hydrogens is 563 g/mol. The molecule has 0 saturated carbocycles. The molecule has 1 fully saturated rings. The van der Waals surface area contributed by atoms with Crippen LogP contribution in [0.25, 0.3) is 0 Å². The molecule has 0 bridgehead atoms. The first-order valence-electron chi connectivity index (χ1n) is 12.3. The van der Waals surface area contributed by atoms with E-state index in [-0.39, 0.29) is 11.1 Å². The molecule has 2 heterocycles. The summed E-state index contributed by atoms with van der Waals surface area (Å²) in [6, 6.07) is 11.6. The van der Waals surface area contributed by atoms with Crippen LogP contribution in [0.5, 0.6) is 0 Å². The van der Waals surface area contributed by atoms with Crippen LogP contribution in [0.3, 0.4) is 0 Å². The Labute approximate surface area is 237 Å². The van der Waals surface area contributed by atoms with Crippen LogP contribution in [0.1, 0.15) is 40.9 Å². The first-order chi connectivity index (χ1) is 19.3. The van der Waals surface area contributed by atoms with Gasteiger partial charge in [0.05, 0.1) is 5.56 Å². The van der Waals surface area contributed by atoms with Crippen LogP contribution >= 0.6 is 11.6 Å². The van der Waals surface area contributed by atoms with E-state index in [1.54, 1.807) is 32.0 Å². The van der Waals surface area contributed by atoms with Gasteiger partial charge in [-0.3, -0.25) is 23.9 Å². The molecule has 4 atom stereocenters. The van der Waals surface area contributed by atoms with E-state index in [4.69, 9.17) is 30.5 Å². The number of benzene rings is 2. The van der Waals surface area contributed by atoms with E-state index < -0.39 is 59.6 Å². The minimum atomic E-state index is -3.17. The van der Waals surface area contributed by atoms with E-state index in [2.05, 4.69) is 4.98 Å². The van der Waals surface area contributed by atoms with Crippen molar-refractivity contribution in [3.05, 3.63) is 103 Å². The second-order valence-corrected chi connectivity index (χ2v) is 9.91. The van der Waals surface area contributed by atoms with Crippen LogP contribution in [-0.4, -0.2) is 52.1 Å². The zero-order valence-corrected chi connectivity index (χ0v) is 23.2. The number of aryl methyl sites for hydroxylation is 2. The number of alkyl halides is 1. The predicted octanol–water partition coefficient (Wildman–Crippen LogP) is 2.92. The normalized spacial score (nSPS) is 23.6. The Balaban J connectivity index is 1.96. The number of hydrogen-bond acceptors (Lipinski definition) is 9. The van der Waals surface area contributed by atoms with Gasteiger partial charge in [-0.15, -0.1) is 0 Å². The molecule has 0 radical (unpaired) electrons. The Morgan fingerprint density at radius 3 is 2.12 bits per heavy atom. The minimum Gasteiger partial charge on any atom is -0.456 e. The third kappa shape index (κ3) is 5.66. The second kappa shape index (κ2) is 11.3. The summed E-state index contributed by atoms with van der Waals surface area (Å²) in [7, 11) is 0. The van der Waals surface area contributed by atoms with E-state index in [9.17, 15) is 24.0 Å². The lowest BCUT2D eigenvalue weighted by Crippen LogP contribution is -2.55. The highest BCUT2D eigenvalue weighted by atomic mass is 35.5. The number of rotatable bonds is 7. The molecule has 13 heteroatoms. The maximum absolute atomic E-state index is 17.1. The van der Waals surface area contributed by atoms with Crippen LogP contribution in [0, 0.1) is 13.8 Å². The molecule has 0 unspecified atom stereocenters. The summed E-state index contributed by atoms with van der Waals surface area (Å²) in [6.07, 6.45) is -2.84. The molecule has 41 heavy (non-hydrogen) atoms. The number of esters is 3. The monoisotopic (exact) mass is 588 g/mol. The summed E-state index contributed by atoms with van der Waals surface area (Å²) in [5.74, 6) is -6.03. The summed E-state index contributed by atoms with van der Waals surface area (Å²) < 4.78 is 40.1. The Morgan fingerprint density at radius 2 is 1.56 bits per heavy atom. The van der Waals surface area contributed by atoms with Crippen molar-refractivity contribution >= 4 is 29.5 Å². The van der Waals surface area contributed by atoms with Crippen molar-refractivity contribution in [1.29, 1.82) is 0 Å². The molecule has 2 aromatic carbocycles. The zero-order chi connectivity index (χ0) is 30.1. The predicted molar refractivity (Wildman–Crippen MR) is 142 cm³/mol. The number of halogens is 2. The van der Waals surface area contributed by atoms with Gasteiger partial charge in [0, 0.05) is 36.7 Å². The van der Waals surface area contributed by atoms with Gasteiger partial charge in [0.1, 0.15) is 0 Å². The fraction of sp³-hybridized carbons (Fsp3) is 0.321. The van der Waals surface area contributed by atoms with Crippen LogP contribution in [0.2, 0.25) is 5.02 Å². The van der Waals surface area contributed by atoms with Gasteiger partial charge in [-0.05, 0) is 49.2 Å². The number of nitrogens with zero attached hydrogens (tertiary/aromatic N) is 1. The maximum Gasteiger partial charge on any atom is 0.338 e. The van der Waals surface area contributed by atoms with Crippen LogP contribution in [0.4, 0.5) is 4.39 Å². The number of H-pyrrole nitrogens is 1. The van der Waals surface area contributed by atoms with Gasteiger partial charge in [0.15, 0.2) is 12.7 Å². The fourth-order valence-electron chi connectivity index (χ4n) is 4.96. The minimum absolute atomic E-state index is 0.0365. The summed E-state index contributed by atoms with van der Waals surface area (Å²) >= 11 is 5.87. The summed E-state index contributed by atoms with van der Waals surface area (Å²) in [4.78, 5) is 64.7. The lowest BCUT2D eigenvalue weighted by Gasteiger charge is -2.37. The van der Waals surface area contributed by atoms with E-state index in [0.29, 0.717) is 16.1 Å². The fourth-order valence-corrected chi connectivity index (χ4v) is 5.08. The van der Waals surface area contributed by atoms with Crippen LogP contribution in [0.15, 0.2) is 64.3 Å². The number of carbonyl (C=O) groups excluding carboxylic acids is 3. The number of aromatic amines is 1. The van der Waals surface area contributed by atoms with Crippen molar-refractivity contribution in [2.24, 2.45) is 0 Å². The first-order valence-corrected chi connectivity index (χ1v) is 12.7. The molecule has 0 aliphatic carbocycles. The molecule has 11 nitrogen and oxygen atoms in total. The summed E-state index contributed by atoms with van der Waals surface area (Å²) in [5, 5.41) is 0.353. The topological polar surface area (TPSA) is 143 Å². The highest BCUT2D eigenvalue weighted by Gasteiger charge is 2.70. The third-order valence-electron chi connectivity index (χ3n) is 6.50. The van der Waals surface area contributed by atoms with E-state index in [1.165, 1.54) is 24.3 Å². The van der Waals surface area contributed by atoms with Crippen molar-refractivity contribution in [3.8, 4) is 0 Å². The number of aromatic nitrogens is 2. The highest BCUT2D eigenvalue weighted by molar-refractivity contribution is 6.30. The van der Waals surface area contributed by atoms with Crippen molar-refractivity contribution in [1.82, 2.24) is 9.55 Å². The number of hydrogen-bond donors (Lipinski definition) is 1. The lowest BCUT2D eigenvalue weighted by molar-refractivity contribution is -0.237. The van der Waals surface area contributed by atoms with E-state index in [0.717, 1.165) is 30.7 Å². The molecule has 1 aromatic heterocycles. The molecule has 1 aliphatic rings. The maximum atomic E-state index is 17.1. The van der Waals surface area contributed by atoms with Gasteiger partial charge in [-0.1, -0.05) is 29.8 Å². The Morgan fingerprint density at radius 1 is 0.976 bits per heavy atom. The molecular formula is C28H26ClFN2O9. The van der Waals surface area contributed by atoms with Crippen LogP contribution in [-0.2, 0) is 34.3 Å².